The van der Waals surface area contributed by atoms with E-state index in [-0.39, 0.29) is 5.91 Å². The fraction of sp³-hybridized carbons (Fsp3) is 0.200. The van der Waals surface area contributed by atoms with Crippen molar-refractivity contribution in [3.63, 3.8) is 0 Å². The van der Waals surface area contributed by atoms with E-state index in [0.717, 1.165) is 33.2 Å². The summed E-state index contributed by atoms with van der Waals surface area (Å²) in [6, 6.07) is 3.98. The Morgan fingerprint density at radius 2 is 2.16 bits per heavy atom. The van der Waals surface area contributed by atoms with E-state index in [2.05, 4.69) is 15.3 Å². The van der Waals surface area contributed by atoms with Gasteiger partial charge in [0.25, 0.3) is 0 Å². The highest BCUT2D eigenvalue weighted by molar-refractivity contribution is 6.11. The monoisotopic (exact) mass is 253 g/mol. The van der Waals surface area contributed by atoms with Crippen LogP contribution in [0.3, 0.4) is 0 Å². The molecule has 0 saturated carbocycles. The Morgan fingerprint density at radius 3 is 2.89 bits per heavy atom. The molecule has 1 amide bonds. The number of rotatable bonds is 1. The van der Waals surface area contributed by atoms with Gasteiger partial charge in [0.15, 0.2) is 0 Å². The van der Waals surface area contributed by atoms with Crippen molar-refractivity contribution < 1.29 is 4.79 Å². The number of aryl methyl sites for hydroxylation is 2. The van der Waals surface area contributed by atoms with Crippen LogP contribution >= 0.6 is 0 Å². The van der Waals surface area contributed by atoms with E-state index in [1.165, 1.54) is 12.3 Å². The Kier molecular flexibility index (Phi) is 2.52. The van der Waals surface area contributed by atoms with E-state index in [1.54, 1.807) is 6.20 Å². The standard InChI is InChI=1S/C15H15N3O/c1-8-6-13(17-10(3)19)9(2)15-14(8)11-7-16-5-4-12(11)18-15/h4-7,18H,1-3H3,(H,17,19). The minimum atomic E-state index is -0.0559. The van der Waals surface area contributed by atoms with Crippen LogP contribution in [0, 0.1) is 13.8 Å². The summed E-state index contributed by atoms with van der Waals surface area (Å²) in [7, 11) is 0. The third-order valence-electron chi connectivity index (χ3n) is 3.44. The third kappa shape index (κ3) is 1.76. The molecule has 0 aliphatic carbocycles. The van der Waals surface area contributed by atoms with Gasteiger partial charge in [-0.1, -0.05) is 0 Å². The van der Waals surface area contributed by atoms with E-state index in [9.17, 15) is 4.79 Å². The van der Waals surface area contributed by atoms with Crippen LogP contribution in [-0.2, 0) is 4.79 Å². The van der Waals surface area contributed by atoms with Crippen LogP contribution in [0.5, 0.6) is 0 Å². The second-order valence-corrected chi connectivity index (χ2v) is 4.84. The molecule has 3 rings (SSSR count). The highest BCUT2D eigenvalue weighted by Gasteiger charge is 2.12. The summed E-state index contributed by atoms with van der Waals surface area (Å²) in [5.74, 6) is -0.0559. The first kappa shape index (κ1) is 11.7. The number of nitrogens with zero attached hydrogens (tertiary/aromatic N) is 1. The van der Waals surface area contributed by atoms with Gasteiger partial charge >= 0.3 is 0 Å². The molecule has 4 nitrogen and oxygen atoms in total. The first-order chi connectivity index (χ1) is 9.08. The number of anilines is 1. The topological polar surface area (TPSA) is 57.8 Å². The van der Waals surface area contributed by atoms with Crippen molar-refractivity contribution in [2.75, 3.05) is 5.32 Å². The van der Waals surface area contributed by atoms with Gasteiger partial charge in [0.2, 0.25) is 5.91 Å². The highest BCUT2D eigenvalue weighted by atomic mass is 16.1. The number of carbonyl (C=O) groups excluding carboxylic acids is 1. The Balaban J connectivity index is 2.40. The number of aromatic amines is 1. The molecule has 2 N–H and O–H groups in total. The van der Waals surface area contributed by atoms with E-state index in [1.807, 2.05) is 32.2 Å². The lowest BCUT2D eigenvalue weighted by molar-refractivity contribution is -0.114. The summed E-state index contributed by atoms with van der Waals surface area (Å²) in [4.78, 5) is 18.9. The predicted octanol–water partition coefficient (Wildman–Crippen LogP) is 3.29. The van der Waals surface area contributed by atoms with Crippen molar-refractivity contribution in [3.8, 4) is 0 Å². The number of aromatic nitrogens is 2. The number of H-pyrrole nitrogens is 1. The lowest BCUT2D eigenvalue weighted by Gasteiger charge is -2.09. The van der Waals surface area contributed by atoms with Gasteiger partial charge < -0.3 is 10.3 Å². The normalized spacial score (nSPS) is 11.1. The molecule has 2 aromatic heterocycles. The zero-order chi connectivity index (χ0) is 13.6. The Morgan fingerprint density at radius 1 is 1.37 bits per heavy atom. The Hall–Kier alpha value is -2.36. The average molecular weight is 253 g/mol. The van der Waals surface area contributed by atoms with Crippen LogP contribution in [0.2, 0.25) is 0 Å². The molecule has 0 fully saturated rings. The molecule has 1 aromatic carbocycles. The zero-order valence-corrected chi connectivity index (χ0v) is 11.2. The third-order valence-corrected chi connectivity index (χ3v) is 3.44. The van der Waals surface area contributed by atoms with E-state index in [4.69, 9.17) is 0 Å². The van der Waals surface area contributed by atoms with Crippen LogP contribution < -0.4 is 5.32 Å². The van der Waals surface area contributed by atoms with Gasteiger partial charge in [-0.25, -0.2) is 0 Å². The van der Waals surface area contributed by atoms with Gasteiger partial charge in [0.1, 0.15) is 0 Å². The van der Waals surface area contributed by atoms with Crippen molar-refractivity contribution in [2.45, 2.75) is 20.8 Å². The van der Waals surface area contributed by atoms with Gasteiger partial charge in [-0.05, 0) is 37.1 Å². The van der Waals surface area contributed by atoms with Crippen LogP contribution in [0.4, 0.5) is 5.69 Å². The number of fused-ring (bicyclic) bond motifs is 3. The zero-order valence-electron chi connectivity index (χ0n) is 11.2. The quantitative estimate of drug-likeness (QED) is 0.699. The molecule has 0 bridgehead atoms. The molecule has 96 valence electrons. The number of nitrogens with one attached hydrogen (secondary N) is 2. The van der Waals surface area contributed by atoms with Crippen molar-refractivity contribution >= 4 is 33.4 Å². The van der Waals surface area contributed by atoms with E-state index >= 15 is 0 Å². The maximum absolute atomic E-state index is 11.3. The van der Waals surface area contributed by atoms with Crippen molar-refractivity contribution in [2.24, 2.45) is 0 Å². The van der Waals surface area contributed by atoms with E-state index in [0.29, 0.717) is 0 Å². The molecule has 0 atom stereocenters. The van der Waals surface area contributed by atoms with Gasteiger partial charge in [0, 0.05) is 41.3 Å². The largest absolute Gasteiger partial charge is 0.354 e. The van der Waals surface area contributed by atoms with Gasteiger partial charge in [-0.15, -0.1) is 0 Å². The average Bonchev–Trinajstić information content (AvgIpc) is 2.75. The minimum Gasteiger partial charge on any atom is -0.354 e. The van der Waals surface area contributed by atoms with Crippen molar-refractivity contribution in [1.82, 2.24) is 9.97 Å². The number of hydrogen-bond acceptors (Lipinski definition) is 2. The number of amides is 1. The minimum absolute atomic E-state index is 0.0559. The first-order valence-electron chi connectivity index (χ1n) is 6.21. The first-order valence-corrected chi connectivity index (χ1v) is 6.21. The van der Waals surface area contributed by atoms with Crippen molar-refractivity contribution in [1.29, 1.82) is 0 Å². The molecule has 0 radical (unpaired) electrons. The summed E-state index contributed by atoms with van der Waals surface area (Å²) in [5, 5.41) is 5.17. The van der Waals surface area contributed by atoms with Gasteiger partial charge in [-0.2, -0.15) is 0 Å². The lowest BCUT2D eigenvalue weighted by atomic mass is 10.0. The smallest absolute Gasteiger partial charge is 0.221 e. The number of hydrogen-bond donors (Lipinski definition) is 2. The van der Waals surface area contributed by atoms with Crippen LogP contribution in [-0.4, -0.2) is 15.9 Å². The van der Waals surface area contributed by atoms with Crippen LogP contribution in [0.25, 0.3) is 21.8 Å². The van der Waals surface area contributed by atoms with Gasteiger partial charge in [0.05, 0.1) is 5.52 Å². The molecule has 0 unspecified atom stereocenters. The summed E-state index contributed by atoms with van der Waals surface area (Å²) in [6.45, 7) is 5.58. The fourth-order valence-corrected chi connectivity index (χ4v) is 2.58. The summed E-state index contributed by atoms with van der Waals surface area (Å²) in [6.07, 6.45) is 3.65. The molecular formula is C15H15N3O. The molecular weight excluding hydrogens is 238 g/mol. The molecule has 0 spiro atoms. The number of pyridine rings is 1. The molecule has 4 heteroatoms. The predicted molar refractivity (Wildman–Crippen MR) is 77.4 cm³/mol. The summed E-state index contributed by atoms with van der Waals surface area (Å²) >= 11 is 0. The Bertz CT molecular complexity index is 802. The molecule has 19 heavy (non-hydrogen) atoms. The van der Waals surface area contributed by atoms with Crippen LogP contribution in [0.15, 0.2) is 24.5 Å². The molecule has 0 aliphatic heterocycles. The SMILES string of the molecule is CC(=O)Nc1cc(C)c2c([nH]c3ccncc32)c1C. The molecule has 0 aliphatic rings. The maximum atomic E-state index is 11.3. The molecule has 0 saturated heterocycles. The fourth-order valence-electron chi connectivity index (χ4n) is 2.58. The number of benzene rings is 1. The molecule has 2 heterocycles. The summed E-state index contributed by atoms with van der Waals surface area (Å²) in [5.41, 5.74) is 5.16. The lowest BCUT2D eigenvalue weighted by Crippen LogP contribution is -2.07. The second-order valence-electron chi connectivity index (χ2n) is 4.84. The second kappa shape index (κ2) is 4.09. The highest BCUT2D eigenvalue weighted by Crippen LogP contribution is 2.33. The molecule has 3 aromatic rings. The Labute approximate surface area is 110 Å². The van der Waals surface area contributed by atoms with Gasteiger partial charge in [-0.3, -0.25) is 9.78 Å². The van der Waals surface area contributed by atoms with Crippen molar-refractivity contribution in [3.05, 3.63) is 35.7 Å². The number of carbonyl (C=O) groups is 1. The van der Waals surface area contributed by atoms with Crippen LogP contribution in [0.1, 0.15) is 18.1 Å². The maximum Gasteiger partial charge on any atom is 0.221 e. The van der Waals surface area contributed by atoms with E-state index < -0.39 is 0 Å². The summed E-state index contributed by atoms with van der Waals surface area (Å²) < 4.78 is 0.